The Balaban J connectivity index is 1.69. The topological polar surface area (TPSA) is 119 Å². The Morgan fingerprint density at radius 1 is 1.06 bits per heavy atom. The van der Waals surface area contributed by atoms with Gasteiger partial charge in [-0.15, -0.1) is 0 Å². The molecule has 1 aliphatic rings. The molecule has 0 bridgehead atoms. The van der Waals surface area contributed by atoms with E-state index in [2.05, 4.69) is 14.9 Å². The number of anilines is 2. The molecule has 1 heterocycles. The summed E-state index contributed by atoms with van der Waals surface area (Å²) in [4.78, 5) is 28.2. The summed E-state index contributed by atoms with van der Waals surface area (Å²) in [5.74, 6) is -0.821. The van der Waals surface area contributed by atoms with E-state index in [9.17, 15) is 23.1 Å². The van der Waals surface area contributed by atoms with Crippen LogP contribution in [0.4, 0.5) is 11.4 Å². The summed E-state index contributed by atoms with van der Waals surface area (Å²) in [6.07, 6.45) is 0. The first-order chi connectivity index (χ1) is 16.1. The Morgan fingerprint density at radius 3 is 2.35 bits per heavy atom. The summed E-state index contributed by atoms with van der Waals surface area (Å²) in [7, 11) is -3.94. The predicted molar refractivity (Wildman–Crippen MR) is 132 cm³/mol. The van der Waals surface area contributed by atoms with Crippen LogP contribution in [0, 0.1) is 12.8 Å². The number of amides is 1. The van der Waals surface area contributed by atoms with Crippen molar-refractivity contribution in [3.8, 4) is 0 Å². The molecular formula is C24H32N4O5S. The number of aromatic carboxylic acids is 1. The summed E-state index contributed by atoms with van der Waals surface area (Å²) >= 11 is 0. The minimum Gasteiger partial charge on any atom is -0.478 e. The Hall–Kier alpha value is -3.11. The number of hydrogen-bond acceptors (Lipinski definition) is 6. The molecule has 1 aliphatic heterocycles. The molecule has 0 saturated carbocycles. The fourth-order valence-electron chi connectivity index (χ4n) is 3.79. The van der Waals surface area contributed by atoms with Crippen molar-refractivity contribution in [2.45, 2.75) is 25.7 Å². The van der Waals surface area contributed by atoms with Crippen molar-refractivity contribution in [1.82, 2.24) is 10.2 Å². The number of carboxylic acid groups (broad SMARTS) is 1. The number of hydrogen-bond donors (Lipinski definition) is 3. The molecule has 2 aromatic rings. The number of sulfonamides is 1. The molecule has 0 unspecified atom stereocenters. The third-order valence-corrected chi connectivity index (χ3v) is 7.20. The van der Waals surface area contributed by atoms with Crippen LogP contribution in [-0.4, -0.2) is 69.6 Å². The number of aryl methyl sites for hydroxylation is 1. The highest BCUT2D eigenvalue weighted by molar-refractivity contribution is 7.92. The van der Waals surface area contributed by atoms with Crippen molar-refractivity contribution in [3.05, 3.63) is 53.6 Å². The molecule has 0 radical (unpaired) electrons. The first kappa shape index (κ1) is 25.5. The lowest BCUT2D eigenvalue weighted by molar-refractivity contribution is -0.122. The molecule has 0 atom stereocenters. The summed E-state index contributed by atoms with van der Waals surface area (Å²) < 4.78 is 28.1. The van der Waals surface area contributed by atoms with Crippen LogP contribution in [-0.2, 0) is 14.8 Å². The minimum absolute atomic E-state index is 0.000558. The van der Waals surface area contributed by atoms with Gasteiger partial charge in [-0.3, -0.25) is 14.4 Å². The zero-order valence-electron chi connectivity index (χ0n) is 19.7. The van der Waals surface area contributed by atoms with E-state index in [1.807, 2.05) is 18.7 Å². The number of carbonyl (C=O) groups excluding carboxylic acids is 1. The summed E-state index contributed by atoms with van der Waals surface area (Å²) in [5, 5.41) is 12.7. The van der Waals surface area contributed by atoms with Crippen LogP contribution < -0.4 is 14.9 Å². The van der Waals surface area contributed by atoms with Crippen LogP contribution in [0.1, 0.15) is 29.8 Å². The van der Waals surface area contributed by atoms with E-state index >= 15 is 0 Å². The van der Waals surface area contributed by atoms with Gasteiger partial charge in [0, 0.05) is 38.4 Å². The minimum atomic E-state index is -3.94. The van der Waals surface area contributed by atoms with Gasteiger partial charge in [0.1, 0.15) is 0 Å². The molecule has 1 fully saturated rings. The number of nitrogens with one attached hydrogen (secondary N) is 2. The molecule has 3 N–H and O–H groups in total. The molecule has 0 aliphatic carbocycles. The van der Waals surface area contributed by atoms with Gasteiger partial charge in [0.15, 0.2) is 0 Å². The van der Waals surface area contributed by atoms with Gasteiger partial charge in [-0.1, -0.05) is 32.0 Å². The second-order valence-electron chi connectivity index (χ2n) is 8.87. The van der Waals surface area contributed by atoms with Crippen molar-refractivity contribution in [1.29, 1.82) is 0 Å². The van der Waals surface area contributed by atoms with Gasteiger partial charge in [0.05, 0.1) is 22.7 Å². The molecule has 9 nitrogen and oxygen atoms in total. The normalized spacial score (nSPS) is 14.8. The van der Waals surface area contributed by atoms with Gasteiger partial charge in [-0.25, -0.2) is 13.2 Å². The monoisotopic (exact) mass is 488 g/mol. The molecule has 10 heteroatoms. The average molecular weight is 489 g/mol. The van der Waals surface area contributed by atoms with Crippen LogP contribution in [0.3, 0.4) is 0 Å². The molecule has 2 aromatic carbocycles. The Morgan fingerprint density at radius 2 is 1.74 bits per heavy atom. The largest absolute Gasteiger partial charge is 0.478 e. The van der Waals surface area contributed by atoms with Gasteiger partial charge in [0.25, 0.3) is 10.0 Å². The highest BCUT2D eigenvalue weighted by atomic mass is 32.2. The Bertz CT molecular complexity index is 1140. The lowest BCUT2D eigenvalue weighted by atomic mass is 10.1. The van der Waals surface area contributed by atoms with E-state index in [4.69, 9.17) is 0 Å². The number of nitrogens with zero attached hydrogens (tertiary/aromatic N) is 2. The average Bonchev–Trinajstić information content (AvgIpc) is 2.78. The predicted octanol–water partition coefficient (Wildman–Crippen LogP) is 2.39. The molecule has 184 valence electrons. The maximum absolute atomic E-state index is 12.8. The zero-order chi connectivity index (χ0) is 24.9. The van der Waals surface area contributed by atoms with Gasteiger partial charge in [-0.2, -0.15) is 0 Å². The van der Waals surface area contributed by atoms with E-state index < -0.39 is 16.0 Å². The van der Waals surface area contributed by atoms with Crippen LogP contribution in [0.2, 0.25) is 0 Å². The molecule has 1 saturated heterocycles. The summed E-state index contributed by atoms with van der Waals surface area (Å²) in [6, 6.07) is 11.2. The van der Waals surface area contributed by atoms with Crippen molar-refractivity contribution in [2.24, 2.45) is 5.92 Å². The highest BCUT2D eigenvalue weighted by Gasteiger charge is 2.23. The zero-order valence-corrected chi connectivity index (χ0v) is 20.6. The third kappa shape index (κ3) is 6.48. The van der Waals surface area contributed by atoms with Gasteiger partial charge < -0.3 is 15.3 Å². The summed E-state index contributed by atoms with van der Waals surface area (Å²) in [5.41, 5.74) is 1.16. The van der Waals surface area contributed by atoms with Crippen LogP contribution in [0.15, 0.2) is 47.4 Å². The number of carbonyl (C=O) groups is 2. The number of carboxylic acids is 1. The highest BCUT2D eigenvalue weighted by Crippen LogP contribution is 2.27. The van der Waals surface area contributed by atoms with E-state index in [1.165, 1.54) is 18.2 Å². The molecule has 1 amide bonds. The third-order valence-electron chi connectivity index (χ3n) is 5.67. The number of piperazine rings is 1. The first-order valence-electron chi connectivity index (χ1n) is 11.3. The van der Waals surface area contributed by atoms with Crippen LogP contribution in [0.25, 0.3) is 0 Å². The second kappa shape index (κ2) is 10.9. The van der Waals surface area contributed by atoms with Crippen molar-refractivity contribution >= 4 is 33.3 Å². The maximum Gasteiger partial charge on any atom is 0.337 e. The molecular weight excluding hydrogens is 456 g/mol. The van der Waals surface area contributed by atoms with Crippen molar-refractivity contribution in [3.63, 3.8) is 0 Å². The smallest absolute Gasteiger partial charge is 0.337 e. The summed E-state index contributed by atoms with van der Waals surface area (Å²) in [6.45, 7) is 9.35. The lowest BCUT2D eigenvalue weighted by Gasteiger charge is -2.36. The van der Waals surface area contributed by atoms with Gasteiger partial charge in [-0.05, 0) is 42.7 Å². The molecule has 0 aromatic heterocycles. The Labute approximate surface area is 200 Å². The standard InChI is InChI=1S/C24H32N4O5S/c1-17(2)15-25-23(29)16-27-10-12-28(13-11-27)19-8-9-21(20(14-19)24(30)31)26-34(32,33)22-7-5-4-6-18(22)3/h4-9,14,17,26H,10-13,15-16H2,1-3H3,(H,25,29)(H,30,31). The van der Waals surface area contributed by atoms with Crippen molar-refractivity contribution < 1.29 is 23.1 Å². The lowest BCUT2D eigenvalue weighted by Crippen LogP contribution is -2.49. The molecule has 34 heavy (non-hydrogen) atoms. The maximum atomic E-state index is 12.8. The number of rotatable bonds is 9. The second-order valence-corrected chi connectivity index (χ2v) is 10.5. The van der Waals surface area contributed by atoms with E-state index in [1.54, 1.807) is 31.2 Å². The SMILES string of the molecule is Cc1ccccc1S(=O)(=O)Nc1ccc(N2CCN(CC(=O)NCC(C)C)CC2)cc1C(=O)O. The van der Waals surface area contributed by atoms with E-state index in [-0.39, 0.29) is 22.1 Å². The van der Waals surface area contributed by atoms with Gasteiger partial charge >= 0.3 is 5.97 Å². The van der Waals surface area contributed by atoms with E-state index in [0.717, 1.165) is 0 Å². The first-order valence-corrected chi connectivity index (χ1v) is 12.7. The van der Waals surface area contributed by atoms with Crippen LogP contribution in [0.5, 0.6) is 0 Å². The fourth-order valence-corrected chi connectivity index (χ4v) is 5.12. The molecule has 0 spiro atoms. The van der Waals surface area contributed by atoms with E-state index in [0.29, 0.717) is 56.4 Å². The van der Waals surface area contributed by atoms with Crippen LogP contribution >= 0.6 is 0 Å². The van der Waals surface area contributed by atoms with Crippen molar-refractivity contribution in [2.75, 3.05) is 48.9 Å². The molecule has 3 rings (SSSR count). The Kier molecular flexibility index (Phi) is 8.16. The fraction of sp³-hybridized carbons (Fsp3) is 0.417. The quantitative estimate of drug-likeness (QED) is 0.496. The number of benzene rings is 2. The van der Waals surface area contributed by atoms with Gasteiger partial charge in [0.2, 0.25) is 5.91 Å².